The molecule has 1 aliphatic heterocycles. The number of carbonyl (C=O) groups is 1. The summed E-state index contributed by atoms with van der Waals surface area (Å²) in [4.78, 5) is 13.2. The minimum atomic E-state index is -0.859. The minimum absolute atomic E-state index is 0.362. The molecule has 0 saturated carbocycles. The first kappa shape index (κ1) is 14.1. The highest BCUT2D eigenvalue weighted by atomic mass is 16.4. The second kappa shape index (κ2) is 5.33. The fourth-order valence-electron chi connectivity index (χ4n) is 2.40. The molecule has 0 spiro atoms. The normalized spacial score (nSPS) is 17.2. The number of rotatable bonds is 4. The number of carboxylic acid groups (broad SMARTS) is 1. The van der Waals surface area contributed by atoms with Crippen molar-refractivity contribution in [3.8, 4) is 0 Å². The molecule has 0 amide bonds. The van der Waals surface area contributed by atoms with Crippen LogP contribution in [0, 0.1) is 11.3 Å². The van der Waals surface area contributed by atoms with Gasteiger partial charge in [0.15, 0.2) is 0 Å². The van der Waals surface area contributed by atoms with Gasteiger partial charge in [0.1, 0.15) is 0 Å². The van der Waals surface area contributed by atoms with E-state index in [-0.39, 0.29) is 0 Å². The molecule has 2 rings (SSSR count). The number of nitrogens with zero attached hydrogens (tertiary/aromatic N) is 1. The fourth-order valence-corrected chi connectivity index (χ4v) is 2.40. The number of benzene rings is 1. The molecule has 0 atom stereocenters. The number of aromatic carboxylic acids is 1. The standard InChI is InChI=1S/C16H23NO2/c1-16(2,3)14-10-17(11-14)9-8-12-4-6-13(7-5-12)15(18)19/h4-7,14H,8-11H2,1-3H3,(H,18,19). The predicted octanol–water partition coefficient (Wildman–Crippen LogP) is 2.91. The van der Waals surface area contributed by atoms with E-state index in [9.17, 15) is 4.79 Å². The molecule has 19 heavy (non-hydrogen) atoms. The van der Waals surface area contributed by atoms with E-state index in [1.165, 1.54) is 18.7 Å². The molecule has 1 aromatic carbocycles. The van der Waals surface area contributed by atoms with Crippen LogP contribution in [0.4, 0.5) is 0 Å². The molecule has 1 fully saturated rings. The van der Waals surface area contributed by atoms with Gasteiger partial charge >= 0.3 is 5.97 Å². The van der Waals surface area contributed by atoms with Crippen molar-refractivity contribution in [2.24, 2.45) is 11.3 Å². The van der Waals surface area contributed by atoms with Crippen molar-refractivity contribution >= 4 is 5.97 Å². The van der Waals surface area contributed by atoms with Crippen molar-refractivity contribution in [2.75, 3.05) is 19.6 Å². The van der Waals surface area contributed by atoms with Crippen LogP contribution in [0.2, 0.25) is 0 Å². The molecular weight excluding hydrogens is 238 g/mol. The molecular formula is C16H23NO2. The molecule has 0 aliphatic carbocycles. The van der Waals surface area contributed by atoms with E-state index < -0.39 is 5.97 Å². The lowest BCUT2D eigenvalue weighted by Gasteiger charge is -2.46. The molecule has 1 aliphatic rings. The molecule has 3 heteroatoms. The summed E-state index contributed by atoms with van der Waals surface area (Å²) < 4.78 is 0. The quantitative estimate of drug-likeness (QED) is 0.906. The summed E-state index contributed by atoms with van der Waals surface area (Å²) in [7, 11) is 0. The lowest BCUT2D eigenvalue weighted by Crippen LogP contribution is -2.52. The Balaban J connectivity index is 1.77. The van der Waals surface area contributed by atoms with Gasteiger partial charge in [-0.15, -0.1) is 0 Å². The van der Waals surface area contributed by atoms with Crippen molar-refractivity contribution in [3.63, 3.8) is 0 Å². The van der Waals surface area contributed by atoms with E-state index in [0.29, 0.717) is 11.0 Å². The van der Waals surface area contributed by atoms with E-state index >= 15 is 0 Å². The maximum absolute atomic E-state index is 10.8. The Morgan fingerprint density at radius 3 is 2.32 bits per heavy atom. The molecule has 0 bridgehead atoms. The Morgan fingerprint density at radius 2 is 1.84 bits per heavy atom. The van der Waals surface area contributed by atoms with Crippen LogP contribution in [0.15, 0.2) is 24.3 Å². The Bertz CT molecular complexity index is 439. The summed E-state index contributed by atoms with van der Waals surface area (Å²) in [6.45, 7) is 10.4. The van der Waals surface area contributed by atoms with E-state index in [1.807, 2.05) is 12.1 Å². The number of likely N-dealkylation sites (tertiary alicyclic amines) is 1. The molecule has 3 nitrogen and oxygen atoms in total. The average molecular weight is 261 g/mol. The van der Waals surface area contributed by atoms with Gasteiger partial charge in [0, 0.05) is 19.6 Å². The van der Waals surface area contributed by atoms with Gasteiger partial charge in [-0.05, 0) is 35.4 Å². The first-order valence-electron chi connectivity index (χ1n) is 6.91. The van der Waals surface area contributed by atoms with Gasteiger partial charge in [0.05, 0.1) is 5.56 Å². The van der Waals surface area contributed by atoms with Gasteiger partial charge in [-0.2, -0.15) is 0 Å². The number of carboxylic acids is 1. The largest absolute Gasteiger partial charge is 0.478 e. The summed E-state index contributed by atoms with van der Waals surface area (Å²) in [6.07, 6.45) is 0.997. The maximum Gasteiger partial charge on any atom is 0.335 e. The van der Waals surface area contributed by atoms with E-state index in [2.05, 4.69) is 25.7 Å². The highest BCUT2D eigenvalue weighted by Crippen LogP contribution is 2.33. The average Bonchev–Trinajstić information content (AvgIpc) is 2.25. The summed E-state index contributed by atoms with van der Waals surface area (Å²) in [5.74, 6) is -0.0517. The van der Waals surface area contributed by atoms with Crippen LogP contribution in [0.3, 0.4) is 0 Å². The summed E-state index contributed by atoms with van der Waals surface area (Å²) >= 11 is 0. The topological polar surface area (TPSA) is 40.5 Å². The monoisotopic (exact) mass is 261 g/mol. The lowest BCUT2D eigenvalue weighted by molar-refractivity contribution is 0.0259. The zero-order valence-corrected chi connectivity index (χ0v) is 12.0. The van der Waals surface area contributed by atoms with Gasteiger partial charge in [-0.3, -0.25) is 0 Å². The first-order valence-corrected chi connectivity index (χ1v) is 6.91. The lowest BCUT2D eigenvalue weighted by atomic mass is 9.76. The van der Waals surface area contributed by atoms with Crippen LogP contribution in [-0.2, 0) is 6.42 Å². The Hall–Kier alpha value is -1.35. The zero-order chi connectivity index (χ0) is 14.0. The third-order valence-electron chi connectivity index (χ3n) is 4.10. The van der Waals surface area contributed by atoms with Gasteiger partial charge < -0.3 is 10.0 Å². The number of hydrogen-bond donors (Lipinski definition) is 1. The molecule has 0 unspecified atom stereocenters. The van der Waals surface area contributed by atoms with Gasteiger partial charge in [0.2, 0.25) is 0 Å². The second-order valence-electron chi connectivity index (χ2n) is 6.57. The van der Waals surface area contributed by atoms with Crippen molar-refractivity contribution in [3.05, 3.63) is 35.4 Å². The smallest absolute Gasteiger partial charge is 0.335 e. The van der Waals surface area contributed by atoms with Crippen LogP contribution < -0.4 is 0 Å². The van der Waals surface area contributed by atoms with Gasteiger partial charge in [0.25, 0.3) is 0 Å². The van der Waals surface area contributed by atoms with Crippen LogP contribution in [-0.4, -0.2) is 35.6 Å². The van der Waals surface area contributed by atoms with Crippen LogP contribution in [0.5, 0.6) is 0 Å². The van der Waals surface area contributed by atoms with E-state index in [0.717, 1.165) is 18.9 Å². The SMILES string of the molecule is CC(C)(C)C1CN(CCc2ccc(C(=O)O)cc2)C1. The molecule has 1 N–H and O–H groups in total. The third kappa shape index (κ3) is 3.57. The maximum atomic E-state index is 10.8. The molecule has 1 aromatic rings. The van der Waals surface area contributed by atoms with Crippen LogP contribution in [0.25, 0.3) is 0 Å². The van der Waals surface area contributed by atoms with E-state index in [1.54, 1.807) is 12.1 Å². The fraction of sp³-hybridized carbons (Fsp3) is 0.562. The van der Waals surface area contributed by atoms with Gasteiger partial charge in [-0.25, -0.2) is 4.79 Å². The molecule has 0 radical (unpaired) electrons. The van der Waals surface area contributed by atoms with Crippen molar-refractivity contribution < 1.29 is 9.90 Å². The Kier molecular flexibility index (Phi) is 3.95. The summed E-state index contributed by atoms with van der Waals surface area (Å²) in [5.41, 5.74) is 1.99. The predicted molar refractivity (Wildman–Crippen MR) is 76.5 cm³/mol. The Morgan fingerprint density at radius 1 is 1.26 bits per heavy atom. The summed E-state index contributed by atoms with van der Waals surface area (Å²) in [6, 6.07) is 7.21. The highest BCUT2D eigenvalue weighted by molar-refractivity contribution is 5.87. The minimum Gasteiger partial charge on any atom is -0.478 e. The molecule has 104 valence electrons. The second-order valence-corrected chi connectivity index (χ2v) is 6.57. The third-order valence-corrected chi connectivity index (χ3v) is 4.10. The molecule has 1 heterocycles. The number of hydrogen-bond acceptors (Lipinski definition) is 2. The molecule has 0 aromatic heterocycles. The Labute approximate surface area is 115 Å². The van der Waals surface area contributed by atoms with Crippen LogP contribution >= 0.6 is 0 Å². The van der Waals surface area contributed by atoms with Crippen molar-refractivity contribution in [1.29, 1.82) is 0 Å². The van der Waals surface area contributed by atoms with Crippen molar-refractivity contribution in [2.45, 2.75) is 27.2 Å². The zero-order valence-electron chi connectivity index (χ0n) is 12.0. The van der Waals surface area contributed by atoms with E-state index in [4.69, 9.17) is 5.11 Å². The summed E-state index contributed by atoms with van der Waals surface area (Å²) in [5, 5.41) is 8.84. The van der Waals surface area contributed by atoms with Gasteiger partial charge in [-0.1, -0.05) is 32.9 Å². The highest BCUT2D eigenvalue weighted by Gasteiger charge is 2.34. The van der Waals surface area contributed by atoms with Crippen molar-refractivity contribution in [1.82, 2.24) is 4.90 Å². The van der Waals surface area contributed by atoms with Crippen LogP contribution in [0.1, 0.15) is 36.7 Å². The first-order chi connectivity index (χ1) is 8.86. The molecule has 1 saturated heterocycles.